The minimum absolute atomic E-state index is 0.0584. The van der Waals surface area contributed by atoms with Gasteiger partial charge in [0.05, 0.1) is 24.8 Å². The van der Waals surface area contributed by atoms with Crippen LogP contribution < -0.4 is 4.90 Å². The fourth-order valence-corrected chi connectivity index (χ4v) is 4.93. The maximum atomic E-state index is 13.7. The van der Waals surface area contributed by atoms with E-state index in [1.165, 1.54) is 0 Å². The van der Waals surface area contributed by atoms with Crippen LogP contribution in [0, 0.1) is 0 Å². The number of Topliss-reactive ketones (excluding diaryl/α,β-unsaturated/α-hetero) is 1. The Hall–Kier alpha value is -3.62. The molecule has 2 aliphatic heterocycles. The molecule has 36 heavy (non-hydrogen) atoms. The molecule has 1 N–H and O–H groups in total. The largest absolute Gasteiger partial charge is 0.503 e. The number of morpholine rings is 1. The van der Waals surface area contributed by atoms with Gasteiger partial charge in [0.25, 0.3) is 5.91 Å². The first-order chi connectivity index (χ1) is 17.4. The molecule has 8 nitrogen and oxygen atoms in total. The van der Waals surface area contributed by atoms with Crippen LogP contribution in [0.1, 0.15) is 28.6 Å². The van der Waals surface area contributed by atoms with E-state index < -0.39 is 23.5 Å². The van der Waals surface area contributed by atoms with Crippen molar-refractivity contribution in [3.8, 4) is 0 Å². The van der Waals surface area contributed by atoms with Crippen molar-refractivity contribution in [2.75, 3.05) is 58.4 Å². The molecular formula is C28H31N3O5. The Morgan fingerprint density at radius 3 is 2.47 bits per heavy atom. The van der Waals surface area contributed by atoms with E-state index in [2.05, 4.69) is 4.90 Å². The fourth-order valence-electron chi connectivity index (χ4n) is 4.93. The number of para-hydroxylation sites is 1. The first-order valence-corrected chi connectivity index (χ1v) is 12.3. The van der Waals surface area contributed by atoms with Gasteiger partial charge in [-0.05, 0) is 36.2 Å². The Morgan fingerprint density at radius 2 is 1.78 bits per heavy atom. The van der Waals surface area contributed by atoms with E-state index in [1.54, 1.807) is 17.0 Å². The Labute approximate surface area is 210 Å². The third kappa shape index (κ3) is 4.62. The second-order valence-electron chi connectivity index (χ2n) is 9.43. The molecule has 3 aromatic rings. The second-order valence-corrected chi connectivity index (χ2v) is 9.43. The van der Waals surface area contributed by atoms with Crippen molar-refractivity contribution >= 4 is 28.3 Å². The average Bonchev–Trinajstić information content (AvgIpc) is 3.44. The zero-order valence-electron chi connectivity index (χ0n) is 20.6. The van der Waals surface area contributed by atoms with Crippen molar-refractivity contribution in [3.63, 3.8) is 0 Å². The molecule has 0 bridgehead atoms. The molecular weight excluding hydrogens is 458 g/mol. The predicted octanol–water partition coefficient (Wildman–Crippen LogP) is 3.80. The van der Waals surface area contributed by atoms with Gasteiger partial charge in [0, 0.05) is 51.3 Å². The molecule has 0 saturated carbocycles. The summed E-state index contributed by atoms with van der Waals surface area (Å²) in [6, 6.07) is 16.0. The maximum absolute atomic E-state index is 13.7. The minimum Gasteiger partial charge on any atom is -0.503 e. The molecule has 1 amide bonds. The van der Waals surface area contributed by atoms with Crippen LogP contribution >= 0.6 is 0 Å². The summed E-state index contributed by atoms with van der Waals surface area (Å²) in [5.74, 6) is -1.41. The van der Waals surface area contributed by atoms with Crippen molar-refractivity contribution in [3.05, 3.63) is 77.3 Å². The van der Waals surface area contributed by atoms with E-state index in [0.717, 1.165) is 42.7 Å². The number of benzene rings is 2. The standard InChI is InChI=1S/C28H31N3O5/c1-29(2)21-10-8-19(9-11-21)25-24(26(32)23-18-20-6-3-4-7-22(20)36-23)27(33)28(34)31(25)13-5-12-30-14-16-35-17-15-30/h3-4,6-11,18,25,33H,5,12-17H2,1-2H3/t25-/m1/s1. The van der Waals surface area contributed by atoms with Crippen LogP contribution in [0.4, 0.5) is 5.69 Å². The van der Waals surface area contributed by atoms with Gasteiger partial charge < -0.3 is 24.1 Å². The Morgan fingerprint density at radius 1 is 1.06 bits per heavy atom. The van der Waals surface area contributed by atoms with Crippen molar-refractivity contribution in [1.29, 1.82) is 0 Å². The lowest BCUT2D eigenvalue weighted by Crippen LogP contribution is -2.39. The Bertz CT molecular complexity index is 1260. The summed E-state index contributed by atoms with van der Waals surface area (Å²) in [5.41, 5.74) is 2.41. The molecule has 8 heteroatoms. The molecule has 5 rings (SSSR count). The topological polar surface area (TPSA) is 86.5 Å². The number of fused-ring (bicyclic) bond motifs is 1. The number of hydrogen-bond donors (Lipinski definition) is 1. The minimum atomic E-state index is -0.695. The van der Waals surface area contributed by atoms with Crippen LogP contribution in [-0.4, -0.2) is 80.1 Å². The fraction of sp³-hybridized carbons (Fsp3) is 0.357. The van der Waals surface area contributed by atoms with Crippen LogP contribution in [0.15, 0.2) is 70.3 Å². The molecule has 1 fully saturated rings. The van der Waals surface area contributed by atoms with Gasteiger partial charge in [0.2, 0.25) is 5.78 Å². The molecule has 0 spiro atoms. The normalized spacial score (nSPS) is 18.9. The highest BCUT2D eigenvalue weighted by atomic mass is 16.5. The summed E-state index contributed by atoms with van der Waals surface area (Å²) in [4.78, 5) is 32.8. The van der Waals surface area contributed by atoms with E-state index in [0.29, 0.717) is 25.3 Å². The van der Waals surface area contributed by atoms with Crippen molar-refractivity contribution in [1.82, 2.24) is 9.80 Å². The lowest BCUT2D eigenvalue weighted by atomic mass is 9.94. The van der Waals surface area contributed by atoms with Gasteiger partial charge in [-0.15, -0.1) is 0 Å². The summed E-state index contributed by atoms with van der Waals surface area (Å²) < 4.78 is 11.2. The third-order valence-electron chi connectivity index (χ3n) is 6.90. The van der Waals surface area contributed by atoms with Gasteiger partial charge in [-0.2, -0.15) is 0 Å². The first-order valence-electron chi connectivity index (χ1n) is 12.3. The van der Waals surface area contributed by atoms with E-state index in [4.69, 9.17) is 9.15 Å². The Balaban J connectivity index is 1.46. The number of amides is 1. The maximum Gasteiger partial charge on any atom is 0.290 e. The van der Waals surface area contributed by atoms with Gasteiger partial charge >= 0.3 is 0 Å². The lowest BCUT2D eigenvalue weighted by Gasteiger charge is -2.30. The van der Waals surface area contributed by atoms with Crippen LogP contribution in [0.5, 0.6) is 0 Å². The number of aliphatic hydroxyl groups excluding tert-OH is 1. The highest BCUT2D eigenvalue weighted by Crippen LogP contribution is 2.40. The summed E-state index contributed by atoms with van der Waals surface area (Å²) in [7, 11) is 3.91. The number of ketones is 1. The smallest absolute Gasteiger partial charge is 0.290 e. The van der Waals surface area contributed by atoms with Gasteiger partial charge in [0.1, 0.15) is 5.58 Å². The molecule has 3 heterocycles. The zero-order chi connectivity index (χ0) is 25.2. The molecule has 2 aliphatic rings. The highest BCUT2D eigenvalue weighted by Gasteiger charge is 2.44. The SMILES string of the molecule is CN(C)c1ccc([C@@H]2C(C(=O)c3cc4ccccc4o3)=C(O)C(=O)N2CCCN2CCOCC2)cc1. The number of carbonyl (C=O) groups is 2. The molecule has 2 aromatic carbocycles. The number of hydrogen-bond acceptors (Lipinski definition) is 7. The predicted molar refractivity (Wildman–Crippen MR) is 137 cm³/mol. The number of carbonyl (C=O) groups excluding carboxylic acids is 2. The van der Waals surface area contributed by atoms with Gasteiger partial charge in [-0.25, -0.2) is 0 Å². The van der Waals surface area contributed by atoms with Crippen molar-refractivity contribution in [2.45, 2.75) is 12.5 Å². The number of nitrogens with zero attached hydrogens (tertiary/aromatic N) is 3. The number of ether oxygens (including phenoxy) is 1. The van der Waals surface area contributed by atoms with Crippen LogP contribution in [0.3, 0.4) is 0 Å². The first kappa shape index (κ1) is 24.1. The van der Waals surface area contributed by atoms with E-state index in [1.807, 2.05) is 61.5 Å². The molecule has 0 radical (unpaired) electrons. The van der Waals surface area contributed by atoms with Crippen LogP contribution in [-0.2, 0) is 9.53 Å². The lowest BCUT2D eigenvalue weighted by molar-refractivity contribution is -0.129. The number of aliphatic hydroxyl groups is 1. The number of furan rings is 1. The number of anilines is 1. The number of rotatable bonds is 8. The summed E-state index contributed by atoms with van der Waals surface area (Å²) in [6.45, 7) is 4.37. The zero-order valence-corrected chi connectivity index (χ0v) is 20.6. The quantitative estimate of drug-likeness (QED) is 0.482. The molecule has 0 unspecified atom stereocenters. The van der Waals surface area contributed by atoms with Crippen LogP contribution in [0.2, 0.25) is 0 Å². The van der Waals surface area contributed by atoms with Gasteiger partial charge in [0.15, 0.2) is 11.5 Å². The average molecular weight is 490 g/mol. The van der Waals surface area contributed by atoms with Crippen LogP contribution in [0.25, 0.3) is 11.0 Å². The van der Waals surface area contributed by atoms with Crippen molar-refractivity contribution in [2.24, 2.45) is 0 Å². The molecule has 0 aliphatic carbocycles. The molecule has 1 aromatic heterocycles. The van der Waals surface area contributed by atoms with Gasteiger partial charge in [-0.1, -0.05) is 30.3 Å². The summed E-state index contributed by atoms with van der Waals surface area (Å²) in [5, 5.41) is 11.7. The van der Waals surface area contributed by atoms with E-state index in [9.17, 15) is 14.7 Å². The molecule has 188 valence electrons. The third-order valence-corrected chi connectivity index (χ3v) is 6.90. The summed E-state index contributed by atoms with van der Waals surface area (Å²) in [6.07, 6.45) is 0.720. The Kier molecular flexibility index (Phi) is 6.80. The molecule has 1 atom stereocenters. The van der Waals surface area contributed by atoms with Gasteiger partial charge in [-0.3, -0.25) is 14.5 Å². The van der Waals surface area contributed by atoms with E-state index in [-0.39, 0.29) is 11.3 Å². The summed E-state index contributed by atoms with van der Waals surface area (Å²) >= 11 is 0. The monoisotopic (exact) mass is 489 g/mol. The molecule has 1 saturated heterocycles. The second kappa shape index (κ2) is 10.2. The van der Waals surface area contributed by atoms with Crippen molar-refractivity contribution < 1.29 is 23.8 Å². The highest BCUT2D eigenvalue weighted by molar-refractivity contribution is 6.16. The van der Waals surface area contributed by atoms with E-state index >= 15 is 0 Å².